The molecule has 64 valence electrons. The van der Waals surface area contributed by atoms with E-state index in [0.717, 1.165) is 6.42 Å². The van der Waals surface area contributed by atoms with Gasteiger partial charge in [0, 0.05) is 0 Å². The normalized spacial score (nSPS) is 10.4. The zero-order valence-electron chi connectivity index (χ0n) is 9.33. The molecule has 0 nitrogen and oxygen atoms in total. The third kappa shape index (κ3) is 3.30. The van der Waals surface area contributed by atoms with Crippen LogP contribution in [0.25, 0.3) is 0 Å². The zero-order valence-corrected chi connectivity index (χ0v) is 9.33. The van der Waals surface area contributed by atoms with Gasteiger partial charge in [-0.1, -0.05) is 0 Å². The van der Waals surface area contributed by atoms with Crippen molar-refractivity contribution in [3.8, 4) is 0 Å². The minimum absolute atomic E-state index is 1.03. The van der Waals surface area contributed by atoms with Crippen molar-refractivity contribution in [2.75, 3.05) is 0 Å². The summed E-state index contributed by atoms with van der Waals surface area (Å²) < 4.78 is 2.64. The molecule has 0 atom stereocenters. The molecule has 0 fully saturated rings. The van der Waals surface area contributed by atoms with Crippen LogP contribution in [0.15, 0.2) is 48.5 Å². The van der Waals surface area contributed by atoms with Crippen LogP contribution in [0.5, 0.6) is 0 Å². The van der Waals surface area contributed by atoms with Crippen LogP contribution in [-0.4, -0.2) is 35.4 Å². The van der Waals surface area contributed by atoms with Gasteiger partial charge in [0.15, 0.2) is 0 Å². The Kier molecular flexibility index (Phi) is 3.79. The number of rotatable bonds is 2. The van der Waals surface area contributed by atoms with Gasteiger partial charge in [-0.15, -0.1) is 0 Å². The fourth-order valence-corrected chi connectivity index (χ4v) is 1.65. The summed E-state index contributed by atoms with van der Waals surface area (Å²) in [6, 6.07) is 17.5. The van der Waals surface area contributed by atoms with Gasteiger partial charge in [-0.2, -0.15) is 0 Å². The maximum atomic E-state index is 2.20. The molecule has 0 saturated carbocycles. The van der Waals surface area contributed by atoms with Crippen molar-refractivity contribution in [3.05, 3.63) is 59.7 Å². The van der Waals surface area contributed by atoms with E-state index >= 15 is 0 Å². The summed E-state index contributed by atoms with van der Waals surface area (Å²) in [6.07, 6.45) is 1.03. The van der Waals surface area contributed by atoms with Crippen molar-refractivity contribution in [2.24, 2.45) is 0 Å². The predicted octanol–water partition coefficient (Wildman–Crippen LogP) is 0.865. The summed E-state index contributed by atoms with van der Waals surface area (Å²) in [7, 11) is 0. The molecule has 0 spiro atoms. The predicted molar refractivity (Wildman–Crippen MR) is 66.5 cm³/mol. The van der Waals surface area contributed by atoms with Gasteiger partial charge in [0.05, 0.1) is 0 Å². The molecule has 0 aliphatic heterocycles. The van der Waals surface area contributed by atoms with Gasteiger partial charge in [0.25, 0.3) is 0 Å². The fourth-order valence-electron chi connectivity index (χ4n) is 1.65. The molecular formula is C13H10Li2. The van der Waals surface area contributed by atoms with Crippen LogP contribution >= 0.6 is 0 Å². The summed E-state index contributed by atoms with van der Waals surface area (Å²) in [5, 5.41) is 0. The molecule has 0 radical (unpaired) electrons. The SMILES string of the molecule is [Li][c]1ccc(Cc2cc[c]([Li])cc2)cc1. The minimum atomic E-state index is 1.03. The van der Waals surface area contributed by atoms with Gasteiger partial charge in [0.2, 0.25) is 0 Å². The van der Waals surface area contributed by atoms with Crippen molar-refractivity contribution in [2.45, 2.75) is 6.42 Å². The topological polar surface area (TPSA) is 0 Å². The molecule has 0 heterocycles. The Balaban J connectivity index is 2.15. The number of hydrogen-bond donors (Lipinski definition) is 0. The van der Waals surface area contributed by atoms with Gasteiger partial charge in [0.1, 0.15) is 0 Å². The standard InChI is InChI=1S/C13H10.2Li/c1-3-7-12(8-4-1)11-13-9-5-2-6-10-13;;/h3-10H,11H2;;. The van der Waals surface area contributed by atoms with Crippen LogP contribution in [0.3, 0.4) is 0 Å². The van der Waals surface area contributed by atoms with E-state index in [2.05, 4.69) is 84.0 Å². The quantitative estimate of drug-likeness (QED) is 0.601. The van der Waals surface area contributed by atoms with Crippen molar-refractivity contribution < 1.29 is 0 Å². The van der Waals surface area contributed by atoms with Crippen LogP contribution in [-0.2, 0) is 6.42 Å². The first kappa shape index (κ1) is 11.1. The Hall–Kier alpha value is -0.365. The van der Waals surface area contributed by atoms with E-state index in [1.807, 2.05) is 0 Å². The Morgan fingerprint density at radius 3 is 1.27 bits per heavy atom. The van der Waals surface area contributed by atoms with Crippen LogP contribution < -0.4 is 8.47 Å². The summed E-state index contributed by atoms with van der Waals surface area (Å²) in [4.78, 5) is 0. The molecule has 2 aromatic carbocycles. The van der Waals surface area contributed by atoms with Crippen LogP contribution in [0.1, 0.15) is 11.1 Å². The second-order valence-corrected chi connectivity index (χ2v) is 4.15. The number of benzene rings is 2. The second-order valence-electron chi connectivity index (χ2n) is 4.15. The van der Waals surface area contributed by atoms with E-state index in [1.54, 1.807) is 0 Å². The molecule has 0 aliphatic rings. The Labute approximate surface area is 109 Å². The first-order valence-corrected chi connectivity index (χ1v) is 5.35. The van der Waals surface area contributed by atoms with Gasteiger partial charge in [-0.05, 0) is 0 Å². The van der Waals surface area contributed by atoms with Crippen molar-refractivity contribution in [3.63, 3.8) is 0 Å². The molecule has 0 unspecified atom stereocenters. The van der Waals surface area contributed by atoms with E-state index in [-0.39, 0.29) is 0 Å². The molecule has 0 aromatic heterocycles. The maximum absolute atomic E-state index is 2.20. The molecule has 2 heteroatoms. The van der Waals surface area contributed by atoms with Gasteiger partial charge in [-0.3, -0.25) is 0 Å². The number of hydrogen-bond acceptors (Lipinski definition) is 0. The fraction of sp³-hybridized carbons (Fsp3) is 0.0769. The Bertz CT molecular complexity index is 386. The van der Waals surface area contributed by atoms with E-state index in [0.29, 0.717) is 0 Å². The molecule has 2 rings (SSSR count). The first-order chi connectivity index (χ1) is 7.24. The summed E-state index contributed by atoms with van der Waals surface area (Å²) in [6.45, 7) is 0. The molecule has 0 bridgehead atoms. The Morgan fingerprint density at radius 1 is 0.600 bits per heavy atom. The van der Waals surface area contributed by atoms with Gasteiger partial charge in [-0.25, -0.2) is 0 Å². The van der Waals surface area contributed by atoms with Gasteiger partial charge >= 0.3 is 110 Å². The summed E-state index contributed by atoms with van der Waals surface area (Å²) >= 11 is 4.24. The van der Waals surface area contributed by atoms with Crippen LogP contribution in [0.4, 0.5) is 0 Å². The first-order valence-electron chi connectivity index (χ1n) is 5.35. The summed E-state index contributed by atoms with van der Waals surface area (Å²) in [5.41, 5.74) is 2.76. The Morgan fingerprint density at radius 2 is 0.933 bits per heavy atom. The van der Waals surface area contributed by atoms with Crippen LogP contribution in [0.2, 0.25) is 0 Å². The average Bonchev–Trinajstić information content (AvgIpc) is 2.25. The zero-order chi connectivity index (χ0) is 10.7. The third-order valence-corrected chi connectivity index (χ3v) is 2.65. The summed E-state index contributed by atoms with van der Waals surface area (Å²) in [5.74, 6) is 0. The molecule has 0 aliphatic carbocycles. The van der Waals surface area contributed by atoms with E-state index < -0.39 is 0 Å². The second kappa shape index (κ2) is 5.11. The molecule has 15 heavy (non-hydrogen) atoms. The molecule has 2 aromatic rings. The van der Waals surface area contributed by atoms with Gasteiger partial charge < -0.3 is 0 Å². The molecule has 0 N–H and O–H groups in total. The van der Waals surface area contributed by atoms with E-state index in [4.69, 9.17) is 0 Å². The monoisotopic (exact) mass is 180 g/mol. The van der Waals surface area contributed by atoms with Crippen molar-refractivity contribution in [1.29, 1.82) is 0 Å². The average molecular weight is 180 g/mol. The van der Waals surface area contributed by atoms with Crippen LogP contribution in [0, 0.1) is 0 Å². The third-order valence-electron chi connectivity index (χ3n) is 2.65. The van der Waals surface area contributed by atoms with Crippen molar-refractivity contribution >= 4 is 43.9 Å². The van der Waals surface area contributed by atoms with Crippen molar-refractivity contribution in [1.82, 2.24) is 0 Å². The van der Waals surface area contributed by atoms with E-state index in [9.17, 15) is 0 Å². The molecule has 0 saturated heterocycles. The molecular weight excluding hydrogens is 170 g/mol. The molecule has 0 amide bonds. The van der Waals surface area contributed by atoms with E-state index in [1.165, 1.54) is 19.6 Å².